The van der Waals surface area contributed by atoms with Crippen molar-refractivity contribution in [3.05, 3.63) is 29.0 Å². The summed E-state index contributed by atoms with van der Waals surface area (Å²) >= 11 is 6.00. The molecule has 3 N–H and O–H groups in total. The third-order valence-electron chi connectivity index (χ3n) is 1.87. The fourth-order valence-corrected chi connectivity index (χ4v) is 1.50. The van der Waals surface area contributed by atoms with Gasteiger partial charge in [0.05, 0.1) is 10.6 Å². The minimum Gasteiger partial charge on any atom is -0.398 e. The predicted molar refractivity (Wildman–Crippen MR) is 56.0 cm³/mol. The van der Waals surface area contributed by atoms with Gasteiger partial charge in [0.1, 0.15) is 5.82 Å². The molecule has 0 unspecified atom stereocenters. The van der Waals surface area contributed by atoms with Gasteiger partial charge in [0, 0.05) is 5.69 Å². The normalized spacial score (nSPS) is 10.4. The summed E-state index contributed by atoms with van der Waals surface area (Å²) in [6, 6.07) is 5.33. The quantitative estimate of drug-likeness (QED) is 0.705. The van der Waals surface area contributed by atoms with E-state index in [0.717, 1.165) is 5.82 Å². The molecule has 0 saturated carbocycles. The van der Waals surface area contributed by atoms with Crippen LogP contribution in [-0.4, -0.2) is 15.2 Å². The Labute approximate surface area is 86.1 Å². The van der Waals surface area contributed by atoms with Crippen LogP contribution < -0.4 is 5.73 Å². The highest BCUT2D eigenvalue weighted by Crippen LogP contribution is 2.30. The average Bonchev–Trinajstić information content (AvgIpc) is 2.51. The monoisotopic (exact) mass is 208 g/mol. The highest BCUT2D eigenvalue weighted by molar-refractivity contribution is 6.33. The standard InChI is InChI=1S/C9H9ClN4/c1-5-12-9(14-13-5)8-6(10)3-2-4-7(8)11/h2-4H,11H2,1H3,(H,12,13,14). The van der Waals surface area contributed by atoms with Gasteiger partial charge in [0.15, 0.2) is 5.82 Å². The summed E-state index contributed by atoms with van der Waals surface area (Å²) in [5.41, 5.74) is 7.04. The predicted octanol–water partition coefficient (Wildman–Crippen LogP) is 2.02. The van der Waals surface area contributed by atoms with Crippen molar-refractivity contribution in [2.24, 2.45) is 0 Å². The number of benzene rings is 1. The van der Waals surface area contributed by atoms with E-state index in [9.17, 15) is 0 Å². The van der Waals surface area contributed by atoms with E-state index in [0.29, 0.717) is 22.1 Å². The molecule has 0 atom stereocenters. The maximum absolute atomic E-state index is 6.00. The van der Waals surface area contributed by atoms with Gasteiger partial charge in [0.25, 0.3) is 0 Å². The summed E-state index contributed by atoms with van der Waals surface area (Å²) < 4.78 is 0. The highest BCUT2D eigenvalue weighted by atomic mass is 35.5. The molecule has 0 aliphatic rings. The Bertz CT molecular complexity index is 443. The van der Waals surface area contributed by atoms with Gasteiger partial charge in [0.2, 0.25) is 0 Å². The number of aromatic nitrogens is 3. The number of aryl methyl sites for hydroxylation is 1. The zero-order valence-electron chi connectivity index (χ0n) is 7.58. The molecule has 0 saturated heterocycles. The van der Waals surface area contributed by atoms with Crippen LogP contribution in [0.1, 0.15) is 5.82 Å². The van der Waals surface area contributed by atoms with Crippen molar-refractivity contribution in [3.8, 4) is 11.4 Å². The number of hydrogen-bond acceptors (Lipinski definition) is 3. The summed E-state index contributed by atoms with van der Waals surface area (Å²) in [5, 5.41) is 7.31. The largest absolute Gasteiger partial charge is 0.398 e. The van der Waals surface area contributed by atoms with Crippen LogP contribution in [0.2, 0.25) is 5.02 Å². The maximum Gasteiger partial charge on any atom is 0.184 e. The Hall–Kier alpha value is -1.55. The number of H-pyrrole nitrogens is 1. The van der Waals surface area contributed by atoms with Gasteiger partial charge in [-0.3, -0.25) is 5.10 Å². The third-order valence-corrected chi connectivity index (χ3v) is 2.18. The number of nitrogens with zero attached hydrogens (tertiary/aromatic N) is 2. The smallest absolute Gasteiger partial charge is 0.184 e. The number of nitrogens with two attached hydrogens (primary N) is 1. The number of anilines is 1. The zero-order chi connectivity index (χ0) is 10.1. The lowest BCUT2D eigenvalue weighted by atomic mass is 10.2. The van der Waals surface area contributed by atoms with Crippen molar-refractivity contribution in [3.63, 3.8) is 0 Å². The lowest BCUT2D eigenvalue weighted by Crippen LogP contribution is -1.92. The molecule has 0 amide bonds. The SMILES string of the molecule is Cc1nc(-c2c(N)cccc2Cl)n[nH]1. The zero-order valence-corrected chi connectivity index (χ0v) is 8.34. The second kappa shape index (κ2) is 3.31. The number of nitrogen functional groups attached to an aromatic ring is 1. The van der Waals surface area contributed by atoms with Crippen molar-refractivity contribution in [1.29, 1.82) is 0 Å². The Balaban J connectivity index is 2.61. The fourth-order valence-electron chi connectivity index (χ4n) is 1.23. The lowest BCUT2D eigenvalue weighted by Gasteiger charge is -2.02. The molecule has 0 fully saturated rings. The van der Waals surface area contributed by atoms with Crippen molar-refractivity contribution >= 4 is 17.3 Å². The summed E-state index contributed by atoms with van der Waals surface area (Å²) in [7, 11) is 0. The minimum atomic E-state index is 0.533. The van der Waals surface area contributed by atoms with Gasteiger partial charge in [-0.05, 0) is 19.1 Å². The van der Waals surface area contributed by atoms with E-state index in [1.807, 2.05) is 6.92 Å². The Morgan fingerprint density at radius 3 is 2.79 bits per heavy atom. The number of aromatic amines is 1. The minimum absolute atomic E-state index is 0.533. The molecular weight excluding hydrogens is 200 g/mol. The fraction of sp³-hybridized carbons (Fsp3) is 0.111. The summed E-state index contributed by atoms with van der Waals surface area (Å²) in [6.45, 7) is 1.82. The molecule has 1 aromatic carbocycles. The molecule has 1 aromatic heterocycles. The van der Waals surface area contributed by atoms with E-state index in [2.05, 4.69) is 15.2 Å². The van der Waals surface area contributed by atoms with Crippen LogP contribution in [0.25, 0.3) is 11.4 Å². The van der Waals surface area contributed by atoms with Crippen LogP contribution >= 0.6 is 11.6 Å². The van der Waals surface area contributed by atoms with Gasteiger partial charge in [-0.2, -0.15) is 5.10 Å². The summed E-state index contributed by atoms with van der Waals surface area (Å²) in [4.78, 5) is 4.17. The topological polar surface area (TPSA) is 67.6 Å². The first-order chi connectivity index (χ1) is 6.68. The van der Waals surface area contributed by atoms with Crippen molar-refractivity contribution in [2.45, 2.75) is 6.92 Å². The molecule has 0 spiro atoms. The molecule has 72 valence electrons. The molecule has 14 heavy (non-hydrogen) atoms. The Kier molecular flexibility index (Phi) is 2.13. The Morgan fingerprint density at radius 2 is 2.21 bits per heavy atom. The number of halogens is 1. The van der Waals surface area contributed by atoms with E-state index in [1.54, 1.807) is 18.2 Å². The van der Waals surface area contributed by atoms with Crippen molar-refractivity contribution in [2.75, 3.05) is 5.73 Å². The molecule has 2 aromatic rings. The molecule has 1 heterocycles. The first-order valence-corrected chi connectivity index (χ1v) is 4.49. The van der Waals surface area contributed by atoms with Crippen molar-refractivity contribution < 1.29 is 0 Å². The first-order valence-electron chi connectivity index (χ1n) is 4.12. The van der Waals surface area contributed by atoms with Crippen LogP contribution in [0.4, 0.5) is 5.69 Å². The average molecular weight is 209 g/mol. The van der Waals surface area contributed by atoms with Gasteiger partial charge in [-0.15, -0.1) is 0 Å². The number of hydrogen-bond donors (Lipinski definition) is 2. The van der Waals surface area contributed by atoms with Gasteiger partial charge in [-0.25, -0.2) is 4.98 Å². The van der Waals surface area contributed by atoms with Gasteiger partial charge >= 0.3 is 0 Å². The van der Waals surface area contributed by atoms with Crippen LogP contribution in [0.3, 0.4) is 0 Å². The van der Waals surface area contributed by atoms with E-state index < -0.39 is 0 Å². The van der Waals surface area contributed by atoms with Crippen molar-refractivity contribution in [1.82, 2.24) is 15.2 Å². The second-order valence-corrected chi connectivity index (χ2v) is 3.36. The molecule has 2 rings (SSSR count). The van der Waals surface area contributed by atoms with E-state index in [4.69, 9.17) is 17.3 Å². The van der Waals surface area contributed by atoms with E-state index in [1.165, 1.54) is 0 Å². The molecule has 0 bridgehead atoms. The molecule has 0 aliphatic heterocycles. The van der Waals surface area contributed by atoms with Crippen LogP contribution in [0.5, 0.6) is 0 Å². The molecular formula is C9H9ClN4. The maximum atomic E-state index is 6.00. The molecule has 5 heteroatoms. The van der Waals surface area contributed by atoms with Crippen LogP contribution in [0.15, 0.2) is 18.2 Å². The lowest BCUT2D eigenvalue weighted by molar-refractivity contribution is 1.04. The highest BCUT2D eigenvalue weighted by Gasteiger charge is 2.11. The van der Waals surface area contributed by atoms with Gasteiger partial charge in [-0.1, -0.05) is 17.7 Å². The second-order valence-electron chi connectivity index (χ2n) is 2.95. The molecule has 0 aliphatic carbocycles. The van der Waals surface area contributed by atoms with Crippen LogP contribution in [-0.2, 0) is 0 Å². The van der Waals surface area contributed by atoms with Gasteiger partial charge < -0.3 is 5.73 Å². The summed E-state index contributed by atoms with van der Waals surface area (Å²) in [5.74, 6) is 1.27. The third kappa shape index (κ3) is 1.44. The summed E-state index contributed by atoms with van der Waals surface area (Å²) in [6.07, 6.45) is 0. The number of rotatable bonds is 1. The van der Waals surface area contributed by atoms with E-state index in [-0.39, 0.29) is 0 Å². The first kappa shape index (κ1) is 9.02. The number of nitrogens with one attached hydrogen (secondary N) is 1. The Morgan fingerprint density at radius 1 is 1.43 bits per heavy atom. The van der Waals surface area contributed by atoms with E-state index >= 15 is 0 Å². The van der Waals surface area contributed by atoms with Crippen LogP contribution in [0, 0.1) is 6.92 Å². The molecule has 0 radical (unpaired) electrons. The molecule has 4 nitrogen and oxygen atoms in total.